The first-order valence-electron chi connectivity index (χ1n) is 13.1. The van der Waals surface area contributed by atoms with Gasteiger partial charge in [-0.25, -0.2) is 0 Å². The summed E-state index contributed by atoms with van der Waals surface area (Å²) in [5.41, 5.74) is 7.52. The van der Waals surface area contributed by atoms with Crippen molar-refractivity contribution in [3.8, 4) is 5.75 Å². The highest BCUT2D eigenvalue weighted by Crippen LogP contribution is 2.11. The molecule has 0 radical (unpaired) electrons. The number of hydrogen-bond donors (Lipinski definition) is 5. The van der Waals surface area contributed by atoms with Gasteiger partial charge in [0.2, 0.25) is 23.6 Å². The number of benzene rings is 2. The van der Waals surface area contributed by atoms with E-state index in [9.17, 15) is 29.1 Å². The van der Waals surface area contributed by atoms with Crippen molar-refractivity contribution in [1.82, 2.24) is 20.9 Å². The molecule has 40 heavy (non-hydrogen) atoms. The van der Waals surface area contributed by atoms with Crippen molar-refractivity contribution in [3.63, 3.8) is 0 Å². The SMILES string of the molecule is CC(C)C(=O)CNC(=O)[C@H](Cc1ccccc1)N(C)C(=O)CNC(=O)[C@@H](C)NC(=O)[C@@H](N)Cc1ccc(O)cc1. The zero-order valence-electron chi connectivity index (χ0n) is 23.3. The van der Waals surface area contributed by atoms with Gasteiger partial charge in [0.1, 0.15) is 17.8 Å². The summed E-state index contributed by atoms with van der Waals surface area (Å²) >= 11 is 0. The average Bonchev–Trinajstić information content (AvgIpc) is 2.93. The van der Waals surface area contributed by atoms with E-state index in [1.807, 2.05) is 30.3 Å². The van der Waals surface area contributed by atoms with Gasteiger partial charge in [-0.05, 0) is 36.6 Å². The minimum atomic E-state index is -0.970. The van der Waals surface area contributed by atoms with E-state index in [1.54, 1.807) is 26.0 Å². The third-order valence-corrected chi connectivity index (χ3v) is 6.41. The van der Waals surface area contributed by atoms with E-state index in [0.29, 0.717) is 0 Å². The molecule has 0 saturated carbocycles. The number of phenolic OH excluding ortho intramolecular Hbond substituents is 1. The number of phenols is 1. The lowest BCUT2D eigenvalue weighted by Crippen LogP contribution is -2.54. The maximum atomic E-state index is 13.0. The van der Waals surface area contributed by atoms with Crippen LogP contribution in [0.5, 0.6) is 5.75 Å². The van der Waals surface area contributed by atoms with E-state index >= 15 is 0 Å². The lowest BCUT2D eigenvalue weighted by atomic mass is 10.0. The number of Topliss-reactive ketones (excluding diaryl/α,β-unsaturated/α-hetero) is 1. The topological polar surface area (TPSA) is 171 Å². The van der Waals surface area contributed by atoms with E-state index in [0.717, 1.165) is 11.1 Å². The van der Waals surface area contributed by atoms with Crippen LogP contribution in [0.15, 0.2) is 54.6 Å². The molecule has 216 valence electrons. The van der Waals surface area contributed by atoms with Crippen molar-refractivity contribution in [1.29, 1.82) is 0 Å². The fourth-order valence-electron chi connectivity index (χ4n) is 3.72. The molecule has 0 saturated heterocycles. The highest BCUT2D eigenvalue weighted by Gasteiger charge is 2.28. The third-order valence-electron chi connectivity index (χ3n) is 6.41. The van der Waals surface area contributed by atoms with Crippen LogP contribution in [0.1, 0.15) is 31.9 Å². The molecule has 0 aliphatic carbocycles. The second kappa shape index (κ2) is 15.4. The zero-order chi connectivity index (χ0) is 29.8. The number of nitrogens with two attached hydrogens (primary N) is 1. The Kier molecular flexibility index (Phi) is 12.3. The maximum absolute atomic E-state index is 13.0. The smallest absolute Gasteiger partial charge is 0.243 e. The van der Waals surface area contributed by atoms with Gasteiger partial charge in [0.25, 0.3) is 0 Å². The molecule has 6 N–H and O–H groups in total. The number of nitrogens with one attached hydrogen (secondary N) is 3. The van der Waals surface area contributed by atoms with Crippen LogP contribution in [0, 0.1) is 5.92 Å². The van der Waals surface area contributed by atoms with E-state index < -0.39 is 48.3 Å². The Hall–Kier alpha value is -4.25. The van der Waals surface area contributed by atoms with Gasteiger partial charge < -0.3 is 31.7 Å². The Morgan fingerprint density at radius 1 is 0.800 bits per heavy atom. The van der Waals surface area contributed by atoms with Gasteiger partial charge in [0, 0.05) is 19.4 Å². The Labute approximate surface area is 234 Å². The molecule has 11 nitrogen and oxygen atoms in total. The van der Waals surface area contributed by atoms with Gasteiger partial charge in [0.05, 0.1) is 19.1 Å². The standard InChI is InChI=1S/C29H39N5O6/c1-18(2)25(36)16-31-29(40)24(15-20-8-6-5-7-9-20)34(4)26(37)17-32-27(38)19(3)33-28(39)23(30)14-21-10-12-22(35)13-11-21/h5-13,18-19,23-24,35H,14-17,30H2,1-4H3,(H,31,40)(H,32,38)(H,33,39)/t19-,23+,24+/m1/s1. The van der Waals surface area contributed by atoms with Crippen molar-refractivity contribution in [2.24, 2.45) is 11.7 Å². The number of ketones is 1. The predicted molar refractivity (Wildman–Crippen MR) is 150 cm³/mol. The average molecular weight is 554 g/mol. The van der Waals surface area contributed by atoms with Gasteiger partial charge >= 0.3 is 0 Å². The first kappa shape index (κ1) is 32.0. The molecule has 0 heterocycles. The number of likely N-dealkylation sites (N-methyl/N-ethyl adjacent to an activating group) is 1. The lowest BCUT2D eigenvalue weighted by Gasteiger charge is -2.28. The lowest BCUT2D eigenvalue weighted by molar-refractivity contribution is -0.139. The molecule has 2 aromatic rings. The van der Waals surface area contributed by atoms with E-state index in [2.05, 4.69) is 16.0 Å². The summed E-state index contributed by atoms with van der Waals surface area (Å²) < 4.78 is 0. The van der Waals surface area contributed by atoms with E-state index in [1.165, 1.54) is 31.0 Å². The molecule has 0 aliphatic rings. The fraction of sp³-hybridized carbons (Fsp3) is 0.414. The highest BCUT2D eigenvalue weighted by atomic mass is 16.3. The second-order valence-electron chi connectivity index (χ2n) is 9.97. The first-order valence-corrected chi connectivity index (χ1v) is 13.1. The molecule has 0 aliphatic heterocycles. The number of amides is 4. The molecule has 3 atom stereocenters. The molecule has 0 spiro atoms. The van der Waals surface area contributed by atoms with Crippen molar-refractivity contribution in [2.45, 2.75) is 51.7 Å². The molecular formula is C29H39N5O6. The largest absolute Gasteiger partial charge is 0.508 e. The van der Waals surface area contributed by atoms with Crippen molar-refractivity contribution in [3.05, 3.63) is 65.7 Å². The molecule has 0 unspecified atom stereocenters. The van der Waals surface area contributed by atoms with Gasteiger partial charge in [0.15, 0.2) is 5.78 Å². The van der Waals surface area contributed by atoms with Gasteiger partial charge in [-0.2, -0.15) is 0 Å². The summed E-state index contributed by atoms with van der Waals surface area (Å²) in [4.78, 5) is 64.2. The predicted octanol–water partition coefficient (Wildman–Crippen LogP) is 0.294. The van der Waals surface area contributed by atoms with Crippen LogP contribution >= 0.6 is 0 Å². The molecule has 2 aromatic carbocycles. The molecule has 0 aromatic heterocycles. The van der Waals surface area contributed by atoms with E-state index in [4.69, 9.17) is 5.73 Å². The normalized spacial score (nSPS) is 13.1. The Balaban J connectivity index is 1.94. The minimum Gasteiger partial charge on any atom is -0.508 e. The van der Waals surface area contributed by atoms with Crippen molar-refractivity contribution < 1.29 is 29.1 Å². The Morgan fingerprint density at radius 3 is 1.98 bits per heavy atom. The van der Waals surface area contributed by atoms with Crippen LogP contribution in [-0.2, 0) is 36.8 Å². The molecule has 2 rings (SSSR count). The Bertz CT molecular complexity index is 1170. The van der Waals surface area contributed by atoms with Crippen LogP contribution in [0.2, 0.25) is 0 Å². The number of nitrogens with zero attached hydrogens (tertiary/aromatic N) is 1. The quantitative estimate of drug-likeness (QED) is 0.224. The van der Waals surface area contributed by atoms with Crippen LogP contribution in [-0.4, -0.2) is 77.7 Å². The van der Waals surface area contributed by atoms with E-state index in [-0.39, 0.29) is 36.8 Å². The number of hydrogen-bond acceptors (Lipinski definition) is 7. The first-order chi connectivity index (χ1) is 18.9. The third kappa shape index (κ3) is 10.1. The molecular weight excluding hydrogens is 514 g/mol. The second-order valence-corrected chi connectivity index (χ2v) is 9.97. The summed E-state index contributed by atoms with van der Waals surface area (Å²) in [6.45, 7) is 4.39. The van der Waals surface area contributed by atoms with Crippen LogP contribution in [0.4, 0.5) is 0 Å². The monoisotopic (exact) mass is 553 g/mol. The summed E-state index contributed by atoms with van der Waals surface area (Å²) in [7, 11) is 1.46. The van der Waals surface area contributed by atoms with Gasteiger partial charge in [-0.3, -0.25) is 24.0 Å². The van der Waals surface area contributed by atoms with Crippen LogP contribution in [0.3, 0.4) is 0 Å². The van der Waals surface area contributed by atoms with Gasteiger partial charge in [-0.1, -0.05) is 56.3 Å². The maximum Gasteiger partial charge on any atom is 0.243 e. The number of carbonyl (C=O) groups excluding carboxylic acids is 5. The number of aromatic hydroxyl groups is 1. The van der Waals surface area contributed by atoms with Crippen LogP contribution < -0.4 is 21.7 Å². The molecule has 0 fully saturated rings. The minimum absolute atomic E-state index is 0.0977. The summed E-state index contributed by atoms with van der Waals surface area (Å²) in [5, 5.41) is 17.0. The van der Waals surface area contributed by atoms with Crippen LogP contribution in [0.25, 0.3) is 0 Å². The molecule has 0 bridgehead atoms. The summed E-state index contributed by atoms with van der Waals surface area (Å²) in [6, 6.07) is 12.6. The summed E-state index contributed by atoms with van der Waals surface area (Å²) in [5.74, 6) is -2.43. The van der Waals surface area contributed by atoms with Crippen molar-refractivity contribution >= 4 is 29.4 Å². The number of rotatable bonds is 14. The molecule has 11 heteroatoms. The Morgan fingerprint density at radius 2 is 1.38 bits per heavy atom. The summed E-state index contributed by atoms with van der Waals surface area (Å²) in [6.07, 6.45) is 0.418. The van der Waals surface area contributed by atoms with Gasteiger partial charge in [-0.15, -0.1) is 0 Å². The highest BCUT2D eigenvalue weighted by molar-refractivity contribution is 5.94. The fourth-order valence-corrected chi connectivity index (χ4v) is 3.72. The number of carbonyl (C=O) groups is 5. The zero-order valence-corrected chi connectivity index (χ0v) is 23.3. The van der Waals surface area contributed by atoms with Crippen molar-refractivity contribution in [2.75, 3.05) is 20.1 Å². The molecule has 4 amide bonds.